The van der Waals surface area contributed by atoms with Gasteiger partial charge in [-0.2, -0.15) is 0 Å². The Kier molecular flexibility index (Phi) is 5.62. The number of thiazole rings is 1. The van der Waals surface area contributed by atoms with E-state index in [1.165, 1.54) is 0 Å². The molecule has 1 aromatic heterocycles. The van der Waals surface area contributed by atoms with Crippen molar-refractivity contribution in [3.8, 4) is 11.8 Å². The molecule has 0 aliphatic rings. The maximum atomic E-state index is 11.5. The van der Waals surface area contributed by atoms with Crippen LogP contribution < -0.4 is 10.6 Å². The van der Waals surface area contributed by atoms with Gasteiger partial charge in [-0.15, -0.1) is 11.3 Å². The number of hydrogen-bond acceptors (Lipinski definition) is 4. The number of amides is 1. The molecule has 0 fully saturated rings. The number of aromatic nitrogens is 1. The first kappa shape index (κ1) is 14.1. The largest absolute Gasteiger partial charge is 0.361 e. The quantitative estimate of drug-likeness (QED) is 0.653. The Bertz CT molecular complexity index is 585. The first-order valence-electron chi connectivity index (χ1n) is 6.33. The van der Waals surface area contributed by atoms with Gasteiger partial charge >= 0.3 is 0 Å². The third kappa shape index (κ3) is 5.12. The minimum absolute atomic E-state index is 0.247. The predicted octanol–water partition coefficient (Wildman–Crippen LogP) is 2.11. The van der Waals surface area contributed by atoms with Crippen molar-refractivity contribution in [2.24, 2.45) is 0 Å². The van der Waals surface area contributed by atoms with Crippen LogP contribution in [-0.4, -0.2) is 24.0 Å². The number of anilines is 1. The lowest BCUT2D eigenvalue weighted by Crippen LogP contribution is -2.24. The minimum Gasteiger partial charge on any atom is -0.361 e. The van der Waals surface area contributed by atoms with Crippen molar-refractivity contribution in [3.05, 3.63) is 47.5 Å². The molecule has 0 unspecified atom stereocenters. The molecule has 1 heterocycles. The Hall–Kier alpha value is -2.32. The Labute approximate surface area is 122 Å². The van der Waals surface area contributed by atoms with Crippen LogP contribution in [0.25, 0.3) is 0 Å². The first-order valence-corrected chi connectivity index (χ1v) is 7.21. The molecule has 0 bridgehead atoms. The van der Waals surface area contributed by atoms with Crippen LogP contribution in [0.3, 0.4) is 0 Å². The van der Waals surface area contributed by atoms with Crippen molar-refractivity contribution in [1.29, 1.82) is 0 Å². The van der Waals surface area contributed by atoms with E-state index in [9.17, 15) is 4.79 Å². The number of carbonyl (C=O) groups is 1. The van der Waals surface area contributed by atoms with Gasteiger partial charge in [0.25, 0.3) is 5.91 Å². The summed E-state index contributed by atoms with van der Waals surface area (Å²) in [5, 5.41) is 8.76. The summed E-state index contributed by atoms with van der Waals surface area (Å²) in [4.78, 5) is 15.6. The normalized spacial score (nSPS) is 9.40. The molecular weight excluding hydrogens is 270 g/mol. The molecule has 0 saturated carbocycles. The summed E-state index contributed by atoms with van der Waals surface area (Å²) in [5.41, 5.74) is 0.841. The molecule has 5 heteroatoms. The number of carbonyl (C=O) groups excluding carboxylic acids is 1. The van der Waals surface area contributed by atoms with Crippen molar-refractivity contribution in [2.45, 2.75) is 6.42 Å². The van der Waals surface area contributed by atoms with Gasteiger partial charge in [-0.25, -0.2) is 4.98 Å². The van der Waals surface area contributed by atoms with Gasteiger partial charge in [0.15, 0.2) is 5.13 Å². The molecule has 2 N–H and O–H groups in total. The zero-order chi connectivity index (χ0) is 14.0. The van der Waals surface area contributed by atoms with Crippen LogP contribution in [0.4, 0.5) is 5.13 Å². The lowest BCUT2D eigenvalue weighted by molar-refractivity contribution is -0.115. The van der Waals surface area contributed by atoms with Gasteiger partial charge in [-0.1, -0.05) is 24.1 Å². The fraction of sp³-hybridized carbons (Fsp3) is 0.200. The van der Waals surface area contributed by atoms with Crippen LogP contribution in [0.5, 0.6) is 0 Å². The monoisotopic (exact) mass is 285 g/mol. The van der Waals surface area contributed by atoms with E-state index in [-0.39, 0.29) is 5.91 Å². The maximum absolute atomic E-state index is 11.5. The van der Waals surface area contributed by atoms with E-state index in [0.717, 1.165) is 23.7 Å². The second-order valence-electron chi connectivity index (χ2n) is 3.99. The molecule has 0 saturated heterocycles. The zero-order valence-corrected chi connectivity index (χ0v) is 11.7. The first-order chi connectivity index (χ1) is 9.84. The summed E-state index contributed by atoms with van der Waals surface area (Å²) < 4.78 is 0. The highest BCUT2D eigenvalue weighted by molar-refractivity contribution is 7.13. The van der Waals surface area contributed by atoms with Crippen molar-refractivity contribution in [3.63, 3.8) is 0 Å². The van der Waals surface area contributed by atoms with E-state index in [0.29, 0.717) is 6.54 Å². The van der Waals surface area contributed by atoms with Crippen LogP contribution >= 0.6 is 11.3 Å². The summed E-state index contributed by atoms with van der Waals surface area (Å²) in [6.45, 7) is 1.38. The Balaban J connectivity index is 1.62. The van der Waals surface area contributed by atoms with Crippen LogP contribution in [0.1, 0.15) is 12.0 Å². The number of benzene rings is 1. The zero-order valence-electron chi connectivity index (χ0n) is 10.9. The van der Waals surface area contributed by atoms with Gasteiger partial charge in [0, 0.05) is 36.2 Å². The Morgan fingerprint density at radius 1 is 1.25 bits per heavy atom. The number of nitrogens with zero attached hydrogens (tertiary/aromatic N) is 1. The number of hydrogen-bond donors (Lipinski definition) is 2. The molecule has 0 aliphatic carbocycles. The van der Waals surface area contributed by atoms with E-state index in [1.54, 1.807) is 17.5 Å². The molecule has 0 aliphatic heterocycles. The summed E-state index contributed by atoms with van der Waals surface area (Å²) in [6, 6.07) is 9.45. The molecule has 0 atom stereocenters. The van der Waals surface area contributed by atoms with Crippen molar-refractivity contribution < 1.29 is 4.79 Å². The van der Waals surface area contributed by atoms with Crippen LogP contribution in [0.2, 0.25) is 0 Å². The average molecular weight is 285 g/mol. The van der Waals surface area contributed by atoms with E-state index < -0.39 is 0 Å². The standard InChI is InChI=1S/C15H15N3OS/c19-14(8-7-13-5-2-1-3-6-13)16-9-4-10-17-15-18-11-12-20-15/h1-3,5-6,11-12H,4,9-10H2,(H,16,19)(H,17,18). The van der Waals surface area contributed by atoms with E-state index in [2.05, 4.69) is 27.5 Å². The predicted molar refractivity (Wildman–Crippen MR) is 81.6 cm³/mol. The molecule has 4 nitrogen and oxygen atoms in total. The fourth-order valence-electron chi connectivity index (χ4n) is 1.49. The Morgan fingerprint density at radius 3 is 2.85 bits per heavy atom. The number of rotatable bonds is 5. The molecular formula is C15H15N3OS. The SMILES string of the molecule is O=C(C#Cc1ccccc1)NCCCNc1nccs1. The van der Waals surface area contributed by atoms with Gasteiger partial charge in [0.2, 0.25) is 0 Å². The molecule has 2 rings (SSSR count). The third-order valence-corrected chi connectivity index (χ3v) is 3.17. The molecule has 20 heavy (non-hydrogen) atoms. The average Bonchev–Trinajstić information content (AvgIpc) is 2.99. The summed E-state index contributed by atoms with van der Waals surface area (Å²) >= 11 is 1.56. The molecule has 0 spiro atoms. The van der Waals surface area contributed by atoms with Crippen molar-refractivity contribution >= 4 is 22.4 Å². The highest BCUT2D eigenvalue weighted by Gasteiger charge is 1.96. The molecule has 1 amide bonds. The van der Waals surface area contributed by atoms with Gasteiger partial charge in [-0.05, 0) is 18.6 Å². The van der Waals surface area contributed by atoms with Gasteiger partial charge < -0.3 is 10.6 Å². The second kappa shape index (κ2) is 7.97. The topological polar surface area (TPSA) is 54.0 Å². The maximum Gasteiger partial charge on any atom is 0.296 e. The smallest absolute Gasteiger partial charge is 0.296 e. The van der Waals surface area contributed by atoms with Gasteiger partial charge in [-0.3, -0.25) is 4.79 Å². The summed E-state index contributed by atoms with van der Waals surface area (Å²) in [5.74, 6) is 5.15. The van der Waals surface area contributed by atoms with Crippen LogP contribution in [-0.2, 0) is 4.79 Å². The molecule has 2 aromatic rings. The van der Waals surface area contributed by atoms with Crippen LogP contribution in [0.15, 0.2) is 41.9 Å². The molecule has 0 radical (unpaired) electrons. The van der Waals surface area contributed by atoms with Crippen molar-refractivity contribution in [1.82, 2.24) is 10.3 Å². The lowest BCUT2D eigenvalue weighted by atomic mass is 10.2. The van der Waals surface area contributed by atoms with E-state index in [4.69, 9.17) is 0 Å². The van der Waals surface area contributed by atoms with Crippen molar-refractivity contribution in [2.75, 3.05) is 18.4 Å². The minimum atomic E-state index is -0.247. The van der Waals surface area contributed by atoms with E-state index >= 15 is 0 Å². The fourth-order valence-corrected chi connectivity index (χ4v) is 2.05. The highest BCUT2D eigenvalue weighted by atomic mass is 32.1. The summed E-state index contributed by atoms with van der Waals surface area (Å²) in [7, 11) is 0. The lowest BCUT2D eigenvalue weighted by Gasteiger charge is -2.02. The highest BCUT2D eigenvalue weighted by Crippen LogP contribution is 2.09. The van der Waals surface area contributed by atoms with E-state index in [1.807, 2.05) is 35.7 Å². The second-order valence-corrected chi connectivity index (χ2v) is 4.88. The van der Waals surface area contributed by atoms with Gasteiger partial charge in [0.1, 0.15) is 0 Å². The number of nitrogens with one attached hydrogen (secondary N) is 2. The third-order valence-electron chi connectivity index (χ3n) is 2.44. The van der Waals surface area contributed by atoms with Crippen LogP contribution in [0, 0.1) is 11.8 Å². The Morgan fingerprint density at radius 2 is 2.10 bits per heavy atom. The summed E-state index contributed by atoms with van der Waals surface area (Å²) in [6.07, 6.45) is 2.59. The molecule has 1 aromatic carbocycles. The van der Waals surface area contributed by atoms with Gasteiger partial charge in [0.05, 0.1) is 0 Å². The molecule has 102 valence electrons.